The van der Waals surface area contributed by atoms with Crippen molar-refractivity contribution in [3.63, 3.8) is 0 Å². The summed E-state index contributed by atoms with van der Waals surface area (Å²) >= 11 is 0. The molecule has 1 amide bonds. The highest BCUT2D eigenvalue weighted by atomic mass is 16.7. The zero-order valence-corrected chi connectivity index (χ0v) is 7.60. The molecule has 0 fully saturated rings. The minimum atomic E-state index is -1.24. The molecule has 74 valence electrons. The Kier molecular flexibility index (Phi) is 3.90. The number of carboxylic acids is 1. The fourth-order valence-corrected chi connectivity index (χ4v) is 0.655. The standard InChI is InChI=1S/C7H11NO5/c1-4(7(11)12)8(5(2)9)13-6(3)10/h4H,1-3H3,(H,11,12)/t4-/m0/s1. The SMILES string of the molecule is CC(=O)ON(C(C)=O)[C@@H](C)C(=O)O. The van der Waals surface area contributed by atoms with Crippen LogP contribution in [0.3, 0.4) is 0 Å². The molecule has 0 saturated heterocycles. The second-order valence-electron chi connectivity index (χ2n) is 2.44. The Morgan fingerprint density at radius 3 is 2.00 bits per heavy atom. The number of nitrogens with zero attached hydrogens (tertiary/aromatic N) is 1. The Morgan fingerprint density at radius 1 is 1.31 bits per heavy atom. The summed E-state index contributed by atoms with van der Waals surface area (Å²) in [7, 11) is 0. The number of rotatable bonds is 2. The maximum Gasteiger partial charge on any atom is 0.329 e. The third kappa shape index (κ3) is 3.55. The lowest BCUT2D eigenvalue weighted by Gasteiger charge is -2.22. The van der Waals surface area contributed by atoms with E-state index in [1.807, 2.05) is 0 Å². The largest absolute Gasteiger partial charge is 0.480 e. The van der Waals surface area contributed by atoms with Gasteiger partial charge in [0.05, 0.1) is 0 Å². The predicted molar refractivity (Wildman–Crippen MR) is 41.4 cm³/mol. The average Bonchev–Trinajstić information content (AvgIpc) is 1.97. The topological polar surface area (TPSA) is 83.9 Å². The minimum absolute atomic E-state index is 0.519. The van der Waals surface area contributed by atoms with Crippen molar-refractivity contribution < 1.29 is 24.3 Å². The molecule has 0 aromatic heterocycles. The lowest BCUT2D eigenvalue weighted by molar-refractivity contribution is -0.206. The van der Waals surface area contributed by atoms with Crippen LogP contribution in [0.15, 0.2) is 0 Å². The van der Waals surface area contributed by atoms with Gasteiger partial charge in [-0.25, -0.2) is 4.79 Å². The Morgan fingerprint density at radius 2 is 1.77 bits per heavy atom. The molecule has 0 aliphatic rings. The molecule has 0 aliphatic heterocycles. The zero-order chi connectivity index (χ0) is 10.6. The van der Waals surface area contributed by atoms with Gasteiger partial charge in [0.25, 0.3) is 5.91 Å². The van der Waals surface area contributed by atoms with E-state index < -0.39 is 23.9 Å². The Bertz CT molecular complexity index is 237. The van der Waals surface area contributed by atoms with Gasteiger partial charge in [-0.3, -0.25) is 9.59 Å². The number of carboxylic acid groups (broad SMARTS) is 1. The van der Waals surface area contributed by atoms with Gasteiger partial charge < -0.3 is 9.94 Å². The number of carbonyl (C=O) groups excluding carboxylic acids is 2. The lowest BCUT2D eigenvalue weighted by Crippen LogP contribution is -2.42. The van der Waals surface area contributed by atoms with Gasteiger partial charge in [0.1, 0.15) is 0 Å². The molecule has 6 nitrogen and oxygen atoms in total. The van der Waals surface area contributed by atoms with E-state index in [0.717, 1.165) is 13.8 Å². The van der Waals surface area contributed by atoms with E-state index in [9.17, 15) is 14.4 Å². The van der Waals surface area contributed by atoms with E-state index in [1.54, 1.807) is 0 Å². The number of aliphatic carboxylic acids is 1. The number of amides is 1. The summed E-state index contributed by atoms with van der Waals surface area (Å²) in [5.41, 5.74) is 0. The molecule has 13 heavy (non-hydrogen) atoms. The van der Waals surface area contributed by atoms with Crippen molar-refractivity contribution in [2.24, 2.45) is 0 Å². The third-order valence-corrected chi connectivity index (χ3v) is 1.25. The maximum absolute atomic E-state index is 10.8. The minimum Gasteiger partial charge on any atom is -0.480 e. The van der Waals surface area contributed by atoms with E-state index in [1.165, 1.54) is 6.92 Å². The fourth-order valence-electron chi connectivity index (χ4n) is 0.655. The van der Waals surface area contributed by atoms with Crippen LogP contribution >= 0.6 is 0 Å². The van der Waals surface area contributed by atoms with E-state index in [4.69, 9.17) is 5.11 Å². The highest BCUT2D eigenvalue weighted by Crippen LogP contribution is 2.01. The maximum atomic E-state index is 10.8. The molecule has 1 atom stereocenters. The van der Waals surface area contributed by atoms with Gasteiger partial charge in [-0.05, 0) is 6.92 Å². The molecule has 1 N–H and O–H groups in total. The molecule has 0 heterocycles. The highest BCUT2D eigenvalue weighted by Gasteiger charge is 2.25. The quantitative estimate of drug-likeness (QED) is 0.607. The second-order valence-corrected chi connectivity index (χ2v) is 2.44. The normalized spacial score (nSPS) is 11.6. The smallest absolute Gasteiger partial charge is 0.329 e. The Hall–Kier alpha value is -1.59. The molecule has 0 unspecified atom stereocenters. The van der Waals surface area contributed by atoms with Crippen LogP contribution in [0.5, 0.6) is 0 Å². The number of hydrogen-bond donors (Lipinski definition) is 1. The van der Waals surface area contributed by atoms with Crippen LogP contribution in [0.2, 0.25) is 0 Å². The molecule has 6 heteroatoms. The summed E-state index contributed by atoms with van der Waals surface area (Å²) < 4.78 is 0. The van der Waals surface area contributed by atoms with E-state index >= 15 is 0 Å². The molecular weight excluding hydrogens is 178 g/mol. The molecule has 0 aromatic rings. The van der Waals surface area contributed by atoms with Gasteiger partial charge in [-0.1, -0.05) is 0 Å². The van der Waals surface area contributed by atoms with Crippen molar-refractivity contribution in [2.75, 3.05) is 0 Å². The number of hydrogen-bond acceptors (Lipinski definition) is 4. The van der Waals surface area contributed by atoms with Crippen molar-refractivity contribution in [3.8, 4) is 0 Å². The first-order valence-electron chi connectivity index (χ1n) is 3.57. The van der Waals surface area contributed by atoms with Gasteiger partial charge in [0.2, 0.25) is 0 Å². The Labute approximate surface area is 75.0 Å². The van der Waals surface area contributed by atoms with Crippen LogP contribution in [0.1, 0.15) is 20.8 Å². The van der Waals surface area contributed by atoms with E-state index in [2.05, 4.69) is 4.84 Å². The highest BCUT2D eigenvalue weighted by molar-refractivity contribution is 5.82. The molecule has 0 aromatic carbocycles. The summed E-state index contributed by atoms with van der Waals surface area (Å²) in [6, 6.07) is -1.18. The molecular formula is C7H11NO5. The first kappa shape index (κ1) is 11.4. The molecule has 0 saturated carbocycles. The Balaban J connectivity index is 4.51. The third-order valence-electron chi connectivity index (χ3n) is 1.25. The first-order chi connectivity index (χ1) is 5.86. The van der Waals surface area contributed by atoms with Crippen LogP contribution < -0.4 is 0 Å². The van der Waals surface area contributed by atoms with Crippen LogP contribution in [-0.4, -0.2) is 34.1 Å². The summed E-state index contributed by atoms with van der Waals surface area (Å²) in [4.78, 5) is 36.1. The van der Waals surface area contributed by atoms with Crippen molar-refractivity contribution in [1.82, 2.24) is 5.06 Å². The van der Waals surface area contributed by atoms with Gasteiger partial charge >= 0.3 is 11.9 Å². The van der Waals surface area contributed by atoms with Crippen molar-refractivity contribution in [3.05, 3.63) is 0 Å². The fraction of sp³-hybridized carbons (Fsp3) is 0.571. The second kappa shape index (κ2) is 4.44. The van der Waals surface area contributed by atoms with Crippen molar-refractivity contribution >= 4 is 17.8 Å². The first-order valence-corrected chi connectivity index (χ1v) is 3.57. The molecule has 0 radical (unpaired) electrons. The van der Waals surface area contributed by atoms with Gasteiger partial charge in [0.15, 0.2) is 6.04 Å². The monoisotopic (exact) mass is 189 g/mol. The molecule has 0 aliphatic carbocycles. The van der Waals surface area contributed by atoms with Gasteiger partial charge in [-0.15, -0.1) is 0 Å². The zero-order valence-electron chi connectivity index (χ0n) is 7.60. The van der Waals surface area contributed by atoms with Gasteiger partial charge in [-0.2, -0.15) is 5.06 Å². The number of hydroxylamine groups is 2. The van der Waals surface area contributed by atoms with Crippen LogP contribution in [0, 0.1) is 0 Å². The van der Waals surface area contributed by atoms with Crippen LogP contribution in [0.25, 0.3) is 0 Å². The van der Waals surface area contributed by atoms with Gasteiger partial charge in [0, 0.05) is 13.8 Å². The summed E-state index contributed by atoms with van der Waals surface area (Å²) in [5.74, 6) is -2.61. The average molecular weight is 189 g/mol. The molecule has 0 rings (SSSR count). The number of carbonyl (C=O) groups is 3. The van der Waals surface area contributed by atoms with Crippen molar-refractivity contribution in [2.45, 2.75) is 26.8 Å². The molecule has 0 bridgehead atoms. The van der Waals surface area contributed by atoms with Crippen LogP contribution in [-0.2, 0) is 19.2 Å². The van der Waals surface area contributed by atoms with E-state index in [0.29, 0.717) is 5.06 Å². The van der Waals surface area contributed by atoms with E-state index in [-0.39, 0.29) is 0 Å². The van der Waals surface area contributed by atoms with Crippen molar-refractivity contribution in [1.29, 1.82) is 0 Å². The lowest BCUT2D eigenvalue weighted by atomic mass is 10.3. The summed E-state index contributed by atoms with van der Waals surface area (Å²) in [6.07, 6.45) is 0. The summed E-state index contributed by atoms with van der Waals surface area (Å²) in [5, 5.41) is 9.05. The molecule has 0 spiro atoms. The summed E-state index contributed by atoms with van der Waals surface area (Å²) in [6.45, 7) is 3.44. The van der Waals surface area contributed by atoms with Crippen LogP contribution in [0.4, 0.5) is 0 Å². The predicted octanol–water partition coefficient (Wildman–Crippen LogP) is -0.214.